The van der Waals surface area contributed by atoms with Crippen molar-refractivity contribution in [1.82, 2.24) is 15.1 Å². The fourth-order valence-electron chi connectivity index (χ4n) is 2.08. The minimum absolute atomic E-state index is 0.0249. The first kappa shape index (κ1) is 20.7. The molecule has 0 saturated carbocycles. The van der Waals surface area contributed by atoms with Crippen molar-refractivity contribution in [2.24, 2.45) is 4.99 Å². The number of amides is 1. The fourth-order valence-corrected chi connectivity index (χ4v) is 2.08. The molecule has 0 unspecified atom stereocenters. The van der Waals surface area contributed by atoms with Crippen LogP contribution in [0, 0.1) is 0 Å². The number of carbonyl (C=O) groups is 1. The van der Waals surface area contributed by atoms with Gasteiger partial charge in [0.05, 0.1) is 6.54 Å². The molecule has 0 aliphatic heterocycles. The van der Waals surface area contributed by atoms with Gasteiger partial charge in [-0.15, -0.1) is 0 Å². The second-order valence-corrected chi connectivity index (χ2v) is 5.65. The van der Waals surface area contributed by atoms with Crippen molar-refractivity contribution in [3.05, 3.63) is 29.8 Å². The zero-order valence-corrected chi connectivity index (χ0v) is 15.1. The fraction of sp³-hybridized carbons (Fsp3) is 0.529. The van der Waals surface area contributed by atoms with E-state index in [9.17, 15) is 13.6 Å². The molecule has 25 heavy (non-hydrogen) atoms. The smallest absolute Gasteiger partial charge is 0.387 e. The molecule has 8 heteroatoms. The minimum atomic E-state index is -2.83. The number of ether oxygens (including phenoxy) is 1. The van der Waals surface area contributed by atoms with E-state index < -0.39 is 6.61 Å². The Morgan fingerprint density at radius 1 is 1.24 bits per heavy atom. The largest absolute Gasteiger partial charge is 0.435 e. The summed E-state index contributed by atoms with van der Waals surface area (Å²) >= 11 is 0. The van der Waals surface area contributed by atoms with Crippen LogP contribution in [0.3, 0.4) is 0 Å². The first-order valence-corrected chi connectivity index (χ1v) is 8.06. The van der Waals surface area contributed by atoms with Gasteiger partial charge >= 0.3 is 6.61 Å². The Hall–Kier alpha value is -2.38. The maximum absolute atomic E-state index is 12.2. The number of guanidine groups is 1. The van der Waals surface area contributed by atoms with E-state index in [4.69, 9.17) is 0 Å². The van der Waals surface area contributed by atoms with Crippen LogP contribution in [-0.2, 0) is 11.3 Å². The summed E-state index contributed by atoms with van der Waals surface area (Å²) in [6.45, 7) is 0.773. The molecule has 0 aliphatic rings. The quantitative estimate of drug-likeness (QED) is 0.573. The summed E-state index contributed by atoms with van der Waals surface area (Å²) in [6.07, 6.45) is 0.343. The summed E-state index contributed by atoms with van der Waals surface area (Å²) in [5, 5.41) is 3.17. The van der Waals surface area contributed by atoms with Gasteiger partial charge in [0, 0.05) is 40.7 Å². The summed E-state index contributed by atoms with van der Waals surface area (Å²) in [5.74, 6) is 0.836. The molecule has 1 aromatic rings. The van der Waals surface area contributed by atoms with Crippen molar-refractivity contribution in [2.75, 3.05) is 34.2 Å². The first-order chi connectivity index (χ1) is 11.8. The molecule has 0 bridgehead atoms. The molecule has 1 rings (SSSR count). The Morgan fingerprint density at radius 3 is 2.40 bits per heavy atom. The molecule has 0 saturated heterocycles. The average molecular weight is 356 g/mol. The molecule has 0 fully saturated rings. The van der Waals surface area contributed by atoms with Gasteiger partial charge in [0.15, 0.2) is 5.96 Å². The van der Waals surface area contributed by atoms with E-state index in [2.05, 4.69) is 15.0 Å². The van der Waals surface area contributed by atoms with Gasteiger partial charge in [0.1, 0.15) is 5.75 Å². The summed E-state index contributed by atoms with van der Waals surface area (Å²) in [4.78, 5) is 19.5. The summed E-state index contributed by atoms with van der Waals surface area (Å²) in [6, 6.07) is 6.48. The SMILES string of the molecule is CCNC(=NCCC(=O)N(C)C)N(C)Cc1ccc(OC(F)F)cc1. The number of halogens is 2. The normalized spacial score (nSPS) is 11.4. The van der Waals surface area contributed by atoms with Crippen molar-refractivity contribution in [2.45, 2.75) is 26.5 Å². The molecular formula is C17H26F2N4O2. The lowest BCUT2D eigenvalue weighted by molar-refractivity contribution is -0.128. The van der Waals surface area contributed by atoms with E-state index in [1.54, 1.807) is 26.2 Å². The molecule has 0 spiro atoms. The third-order valence-corrected chi connectivity index (χ3v) is 3.35. The second kappa shape index (κ2) is 10.5. The van der Waals surface area contributed by atoms with Crippen LogP contribution in [0.2, 0.25) is 0 Å². The van der Waals surface area contributed by atoms with E-state index in [1.807, 2.05) is 18.9 Å². The lowest BCUT2D eigenvalue weighted by atomic mass is 10.2. The number of nitrogens with zero attached hydrogens (tertiary/aromatic N) is 3. The van der Waals surface area contributed by atoms with Crippen molar-refractivity contribution in [1.29, 1.82) is 0 Å². The monoisotopic (exact) mass is 356 g/mol. The molecule has 0 aliphatic carbocycles. The number of aliphatic imine (C=N–C) groups is 1. The van der Waals surface area contributed by atoms with Crippen LogP contribution in [0.4, 0.5) is 8.78 Å². The molecule has 1 N–H and O–H groups in total. The topological polar surface area (TPSA) is 57.2 Å². The van der Waals surface area contributed by atoms with Crippen LogP contribution in [0.15, 0.2) is 29.3 Å². The van der Waals surface area contributed by atoms with E-state index in [0.717, 1.165) is 5.56 Å². The molecule has 140 valence electrons. The molecular weight excluding hydrogens is 330 g/mol. The third-order valence-electron chi connectivity index (χ3n) is 3.35. The van der Waals surface area contributed by atoms with Crippen LogP contribution in [0.5, 0.6) is 5.75 Å². The Bertz CT molecular complexity index is 562. The lowest BCUT2D eigenvalue weighted by Gasteiger charge is -2.22. The number of hydrogen-bond acceptors (Lipinski definition) is 3. The molecule has 1 amide bonds. The predicted molar refractivity (Wildman–Crippen MR) is 93.8 cm³/mol. The molecule has 0 atom stereocenters. The number of benzene rings is 1. The summed E-state index contributed by atoms with van der Waals surface area (Å²) in [5.41, 5.74) is 0.930. The maximum atomic E-state index is 12.2. The van der Waals surface area contributed by atoms with Crippen LogP contribution in [0.1, 0.15) is 18.9 Å². The number of nitrogens with one attached hydrogen (secondary N) is 1. The Balaban J connectivity index is 2.65. The Kier molecular flexibility index (Phi) is 8.66. The highest BCUT2D eigenvalue weighted by Crippen LogP contribution is 2.15. The molecule has 0 heterocycles. The number of carbonyl (C=O) groups excluding carboxylic acids is 1. The van der Waals surface area contributed by atoms with Gasteiger partial charge in [-0.25, -0.2) is 0 Å². The second-order valence-electron chi connectivity index (χ2n) is 5.65. The van der Waals surface area contributed by atoms with Crippen molar-refractivity contribution >= 4 is 11.9 Å². The highest BCUT2D eigenvalue weighted by atomic mass is 19.3. The minimum Gasteiger partial charge on any atom is -0.435 e. The zero-order valence-electron chi connectivity index (χ0n) is 15.1. The van der Waals surface area contributed by atoms with Gasteiger partial charge in [-0.1, -0.05) is 12.1 Å². The van der Waals surface area contributed by atoms with E-state index >= 15 is 0 Å². The van der Waals surface area contributed by atoms with Gasteiger partial charge in [-0.3, -0.25) is 9.79 Å². The van der Waals surface area contributed by atoms with Crippen molar-refractivity contribution in [3.63, 3.8) is 0 Å². The first-order valence-electron chi connectivity index (χ1n) is 8.06. The molecule has 1 aromatic carbocycles. The highest BCUT2D eigenvalue weighted by molar-refractivity contribution is 5.80. The molecule has 0 aromatic heterocycles. The zero-order chi connectivity index (χ0) is 18.8. The molecule has 6 nitrogen and oxygen atoms in total. The molecule has 0 radical (unpaired) electrons. The standard InChI is InChI=1S/C17H26F2N4O2/c1-5-20-17(21-11-10-15(24)22(2)3)23(4)12-13-6-8-14(9-7-13)25-16(18)19/h6-9,16H,5,10-12H2,1-4H3,(H,20,21). The van der Waals surface area contributed by atoms with Crippen LogP contribution in [0.25, 0.3) is 0 Å². The third kappa shape index (κ3) is 7.82. The average Bonchev–Trinajstić information content (AvgIpc) is 2.55. The van der Waals surface area contributed by atoms with E-state index in [0.29, 0.717) is 32.0 Å². The summed E-state index contributed by atoms with van der Waals surface area (Å²) < 4.78 is 28.7. The van der Waals surface area contributed by atoms with Gasteiger partial charge in [-0.2, -0.15) is 8.78 Å². The van der Waals surface area contributed by atoms with E-state index in [-0.39, 0.29) is 11.7 Å². The van der Waals surface area contributed by atoms with Crippen molar-refractivity contribution in [3.8, 4) is 5.75 Å². The van der Waals surface area contributed by atoms with Gasteiger partial charge in [0.25, 0.3) is 0 Å². The lowest BCUT2D eigenvalue weighted by Crippen LogP contribution is -2.38. The Morgan fingerprint density at radius 2 is 1.88 bits per heavy atom. The van der Waals surface area contributed by atoms with Gasteiger partial charge in [0.2, 0.25) is 5.91 Å². The van der Waals surface area contributed by atoms with Gasteiger partial charge in [-0.05, 0) is 24.6 Å². The van der Waals surface area contributed by atoms with Gasteiger partial charge < -0.3 is 19.9 Å². The highest BCUT2D eigenvalue weighted by Gasteiger charge is 2.09. The van der Waals surface area contributed by atoms with Crippen LogP contribution >= 0.6 is 0 Å². The van der Waals surface area contributed by atoms with Crippen molar-refractivity contribution < 1.29 is 18.3 Å². The van der Waals surface area contributed by atoms with E-state index in [1.165, 1.54) is 17.0 Å². The number of alkyl halides is 2. The Labute approximate surface area is 147 Å². The summed E-state index contributed by atoms with van der Waals surface area (Å²) in [7, 11) is 5.30. The maximum Gasteiger partial charge on any atom is 0.387 e. The van der Waals surface area contributed by atoms with Crippen LogP contribution < -0.4 is 10.1 Å². The predicted octanol–water partition coefficient (Wildman–Crippen LogP) is 2.16. The number of hydrogen-bond donors (Lipinski definition) is 1. The van der Waals surface area contributed by atoms with Crippen LogP contribution in [-0.4, -0.2) is 62.5 Å². The number of rotatable bonds is 8.